The summed E-state index contributed by atoms with van der Waals surface area (Å²) >= 11 is 0. The van der Waals surface area contributed by atoms with Crippen LogP contribution in [0.25, 0.3) is 0 Å². The smallest absolute Gasteiger partial charge is 0.174 e. The molecule has 0 aromatic carbocycles. The summed E-state index contributed by atoms with van der Waals surface area (Å²) in [7, 11) is 0. The van der Waals surface area contributed by atoms with Gasteiger partial charge in [0.15, 0.2) is 0 Å². The van der Waals surface area contributed by atoms with Gasteiger partial charge >= 0.3 is 6.18 Å². The van der Waals surface area contributed by atoms with E-state index in [0.29, 0.717) is 0 Å². The van der Waals surface area contributed by atoms with Crippen LogP contribution in [0.15, 0.2) is 12.7 Å². The van der Waals surface area contributed by atoms with Crippen molar-refractivity contribution in [2.24, 2.45) is 0 Å². The highest BCUT2D eigenvalue weighted by atomic mass is 19.4. The van der Waals surface area contributed by atoms with Crippen molar-refractivity contribution in [2.75, 3.05) is 0 Å². The lowest BCUT2D eigenvalue weighted by Gasteiger charge is -1.96. The molecule has 5 heteroatoms. The van der Waals surface area contributed by atoms with Gasteiger partial charge in [-0.1, -0.05) is 6.92 Å². The largest absolute Gasteiger partial charge is 0.388 e. The Bertz CT molecular complexity index is 88.7. The van der Waals surface area contributed by atoms with E-state index in [9.17, 15) is 22.0 Å². The molecule has 0 spiro atoms. The summed E-state index contributed by atoms with van der Waals surface area (Å²) in [6.45, 7) is 3.31. The van der Waals surface area contributed by atoms with Crippen LogP contribution in [0.2, 0.25) is 0 Å². The van der Waals surface area contributed by atoms with Gasteiger partial charge in [0, 0.05) is 6.42 Å². The molecule has 62 valence electrons. The molecular weight excluding hydrogens is 155 g/mol. The van der Waals surface area contributed by atoms with Gasteiger partial charge < -0.3 is 0 Å². The van der Waals surface area contributed by atoms with Crippen molar-refractivity contribution in [3.8, 4) is 0 Å². The van der Waals surface area contributed by atoms with Crippen LogP contribution < -0.4 is 0 Å². The predicted octanol–water partition coefficient (Wildman–Crippen LogP) is 3.36. The van der Waals surface area contributed by atoms with Crippen molar-refractivity contribution in [3.05, 3.63) is 12.7 Å². The fourth-order valence-corrected chi connectivity index (χ4v) is 0. The Morgan fingerprint density at radius 1 is 1.30 bits per heavy atom. The van der Waals surface area contributed by atoms with Gasteiger partial charge in [-0.25, -0.2) is 0 Å². The monoisotopic (exact) mass is 162 g/mol. The van der Waals surface area contributed by atoms with Gasteiger partial charge in [-0.3, -0.25) is 0 Å². The normalized spacial score (nSPS) is 9.80. The summed E-state index contributed by atoms with van der Waals surface area (Å²) < 4.78 is 52.6. The highest BCUT2D eigenvalue weighted by Crippen LogP contribution is 2.17. The first kappa shape index (κ1) is 12.1. The Morgan fingerprint density at radius 2 is 1.40 bits per heavy atom. The van der Waals surface area contributed by atoms with Gasteiger partial charge in [0.1, 0.15) is 0 Å². The third-order valence-corrected chi connectivity index (χ3v) is 0.401. The third-order valence-electron chi connectivity index (χ3n) is 0.401. The first-order valence-electron chi connectivity index (χ1n) is 2.36. The number of hydrogen-bond donors (Lipinski definition) is 0. The summed E-state index contributed by atoms with van der Waals surface area (Å²) in [6, 6.07) is 0. The number of hydrogen-bond acceptors (Lipinski definition) is 0. The average molecular weight is 162 g/mol. The van der Waals surface area contributed by atoms with Crippen LogP contribution in [0.4, 0.5) is 22.0 Å². The summed E-state index contributed by atoms with van der Waals surface area (Å²) in [5, 5.41) is 0. The first-order chi connectivity index (χ1) is 4.29. The molecule has 0 amide bonds. The molecule has 0 rings (SSSR count). The minimum atomic E-state index is -3.96. The molecular formula is C5H7F5. The SMILES string of the molecule is C=C(F)F.CCC(F)(F)F. The summed E-state index contributed by atoms with van der Waals surface area (Å²) in [6.07, 6.45) is -6.52. The fraction of sp³-hybridized carbons (Fsp3) is 0.600. The maximum absolute atomic E-state index is 10.8. The first-order valence-corrected chi connectivity index (χ1v) is 2.36. The molecule has 0 aromatic rings. The van der Waals surface area contributed by atoms with E-state index in [-0.39, 0.29) is 0 Å². The van der Waals surface area contributed by atoms with Gasteiger partial charge in [0.2, 0.25) is 0 Å². The number of rotatable bonds is 0. The van der Waals surface area contributed by atoms with E-state index in [1.807, 2.05) is 0 Å². The second-order valence-electron chi connectivity index (χ2n) is 1.31. The highest BCUT2D eigenvalue weighted by Gasteiger charge is 2.22. The Labute approximate surface area is 55.3 Å². The second kappa shape index (κ2) is 5.20. The van der Waals surface area contributed by atoms with Crippen LogP contribution in [0, 0.1) is 0 Å². The highest BCUT2D eigenvalue weighted by molar-refractivity contribution is 4.57. The molecule has 0 nitrogen and oxygen atoms in total. The van der Waals surface area contributed by atoms with Gasteiger partial charge in [-0.2, -0.15) is 22.0 Å². The van der Waals surface area contributed by atoms with Crippen LogP contribution in [0.3, 0.4) is 0 Å². The van der Waals surface area contributed by atoms with E-state index in [0.717, 1.165) is 6.92 Å². The van der Waals surface area contributed by atoms with Gasteiger partial charge in [-0.15, -0.1) is 0 Å². The van der Waals surface area contributed by atoms with E-state index >= 15 is 0 Å². The lowest BCUT2D eigenvalue weighted by Crippen LogP contribution is -2.02. The zero-order chi connectivity index (χ0) is 8.78. The Morgan fingerprint density at radius 3 is 1.40 bits per heavy atom. The molecule has 10 heavy (non-hydrogen) atoms. The van der Waals surface area contributed by atoms with Gasteiger partial charge in [0.25, 0.3) is 6.08 Å². The van der Waals surface area contributed by atoms with Crippen LogP contribution in [-0.2, 0) is 0 Å². The average Bonchev–Trinajstić information content (AvgIpc) is 1.63. The second-order valence-corrected chi connectivity index (χ2v) is 1.31. The van der Waals surface area contributed by atoms with E-state index in [4.69, 9.17) is 0 Å². The molecule has 0 atom stereocenters. The molecule has 0 bridgehead atoms. The molecule has 0 unspecified atom stereocenters. The van der Waals surface area contributed by atoms with Crippen LogP contribution >= 0.6 is 0 Å². The summed E-state index contributed by atoms with van der Waals surface area (Å²) in [5.41, 5.74) is 0. The zero-order valence-electron chi connectivity index (χ0n) is 5.30. The number of halogens is 5. The lowest BCUT2D eigenvalue weighted by molar-refractivity contribution is -0.130. The van der Waals surface area contributed by atoms with Crippen molar-refractivity contribution >= 4 is 0 Å². The Balaban J connectivity index is 0. The van der Waals surface area contributed by atoms with Crippen LogP contribution in [-0.4, -0.2) is 6.18 Å². The Hall–Kier alpha value is -0.610. The van der Waals surface area contributed by atoms with Crippen LogP contribution in [0.5, 0.6) is 0 Å². The van der Waals surface area contributed by atoms with Crippen molar-refractivity contribution in [2.45, 2.75) is 19.5 Å². The molecule has 0 saturated heterocycles. The standard InChI is InChI=1S/C3H5F3.C2H2F2/c1-2-3(4,5)6;1-2(3)4/h2H2,1H3;1H2. The van der Waals surface area contributed by atoms with Crippen molar-refractivity contribution < 1.29 is 22.0 Å². The van der Waals surface area contributed by atoms with E-state index in [1.54, 1.807) is 0 Å². The van der Waals surface area contributed by atoms with Crippen molar-refractivity contribution in [1.82, 2.24) is 0 Å². The zero-order valence-corrected chi connectivity index (χ0v) is 5.30. The Kier molecular flexibility index (Phi) is 6.29. The van der Waals surface area contributed by atoms with Crippen molar-refractivity contribution in [1.29, 1.82) is 0 Å². The minimum absolute atomic E-state index is 0.729. The maximum Gasteiger partial charge on any atom is 0.388 e. The molecule has 0 aliphatic heterocycles. The van der Waals surface area contributed by atoms with E-state index in [2.05, 4.69) is 6.58 Å². The molecule has 0 fully saturated rings. The molecule has 0 aliphatic rings. The molecule has 0 heterocycles. The van der Waals surface area contributed by atoms with E-state index in [1.165, 1.54) is 0 Å². The summed E-state index contributed by atoms with van der Waals surface area (Å²) in [5.74, 6) is 0. The third kappa shape index (κ3) is 52.8. The minimum Gasteiger partial charge on any atom is -0.174 e. The van der Waals surface area contributed by atoms with Crippen molar-refractivity contribution in [3.63, 3.8) is 0 Å². The molecule has 0 N–H and O–H groups in total. The quantitative estimate of drug-likeness (QED) is 0.479. The van der Waals surface area contributed by atoms with Gasteiger partial charge in [-0.05, 0) is 6.58 Å². The predicted molar refractivity (Wildman–Crippen MR) is 27.7 cm³/mol. The molecule has 0 aromatic heterocycles. The lowest BCUT2D eigenvalue weighted by atomic mass is 10.5. The van der Waals surface area contributed by atoms with E-state index < -0.39 is 18.7 Å². The topological polar surface area (TPSA) is 0 Å². The van der Waals surface area contributed by atoms with Crippen LogP contribution in [0.1, 0.15) is 13.3 Å². The van der Waals surface area contributed by atoms with Gasteiger partial charge in [0.05, 0.1) is 0 Å². The fourth-order valence-electron chi connectivity index (χ4n) is 0. The molecule has 0 aliphatic carbocycles. The molecule has 0 radical (unpaired) electrons. The summed E-state index contributed by atoms with van der Waals surface area (Å²) in [4.78, 5) is 0. The maximum atomic E-state index is 10.8. The molecule has 0 saturated carbocycles. The number of alkyl halides is 3.